The summed E-state index contributed by atoms with van der Waals surface area (Å²) in [5, 5.41) is 7.03. The van der Waals surface area contributed by atoms with E-state index in [0.717, 1.165) is 31.8 Å². The number of nitrogens with zero attached hydrogens (tertiary/aromatic N) is 2. The van der Waals surface area contributed by atoms with Crippen LogP contribution in [0.25, 0.3) is 0 Å². The van der Waals surface area contributed by atoms with Gasteiger partial charge in [-0.15, -0.1) is 0 Å². The molecule has 0 radical (unpaired) electrons. The molecule has 0 unspecified atom stereocenters. The standard InChI is InChI=1S/C12H20F3N3/c1-11(2,3)16-6-4-5-7-18-9-10(8-17-18)12(13,14)15/h8-9,16H,4-7H2,1-3H3. The molecule has 1 heterocycles. The predicted octanol–water partition coefficient (Wildman–Crippen LogP) is 3.07. The average molecular weight is 263 g/mol. The molecule has 0 aliphatic rings. The topological polar surface area (TPSA) is 29.9 Å². The number of aromatic nitrogens is 2. The molecule has 0 atom stereocenters. The lowest BCUT2D eigenvalue weighted by Crippen LogP contribution is -2.36. The molecule has 3 nitrogen and oxygen atoms in total. The highest BCUT2D eigenvalue weighted by atomic mass is 19.4. The highest BCUT2D eigenvalue weighted by molar-refractivity contribution is 5.08. The van der Waals surface area contributed by atoms with Crippen LogP contribution in [-0.4, -0.2) is 21.9 Å². The third kappa shape index (κ3) is 5.53. The molecule has 0 fully saturated rings. The van der Waals surface area contributed by atoms with Gasteiger partial charge in [0.15, 0.2) is 0 Å². The fraction of sp³-hybridized carbons (Fsp3) is 0.750. The first-order valence-electron chi connectivity index (χ1n) is 6.03. The minimum Gasteiger partial charge on any atom is -0.312 e. The second-order valence-corrected chi connectivity index (χ2v) is 5.37. The summed E-state index contributed by atoms with van der Waals surface area (Å²) in [7, 11) is 0. The molecule has 0 aliphatic heterocycles. The molecule has 1 rings (SSSR count). The minimum absolute atomic E-state index is 0.0785. The second-order valence-electron chi connectivity index (χ2n) is 5.37. The van der Waals surface area contributed by atoms with Crippen LogP contribution >= 0.6 is 0 Å². The lowest BCUT2D eigenvalue weighted by molar-refractivity contribution is -0.137. The van der Waals surface area contributed by atoms with Crippen LogP contribution in [0.5, 0.6) is 0 Å². The van der Waals surface area contributed by atoms with Gasteiger partial charge >= 0.3 is 6.18 Å². The SMILES string of the molecule is CC(C)(C)NCCCCn1cc(C(F)(F)F)cn1. The van der Waals surface area contributed by atoms with E-state index in [1.165, 1.54) is 4.68 Å². The van der Waals surface area contributed by atoms with Crippen molar-refractivity contribution in [2.24, 2.45) is 0 Å². The van der Waals surface area contributed by atoms with E-state index in [1.807, 2.05) is 0 Å². The molecule has 1 N–H and O–H groups in total. The van der Waals surface area contributed by atoms with Gasteiger partial charge in [-0.2, -0.15) is 18.3 Å². The van der Waals surface area contributed by atoms with Crippen molar-refractivity contribution >= 4 is 0 Å². The molecule has 18 heavy (non-hydrogen) atoms. The molecule has 1 aromatic heterocycles. The minimum atomic E-state index is -4.30. The first kappa shape index (κ1) is 15.0. The molecular formula is C12H20F3N3. The van der Waals surface area contributed by atoms with Crippen molar-refractivity contribution in [1.29, 1.82) is 0 Å². The van der Waals surface area contributed by atoms with E-state index in [-0.39, 0.29) is 5.54 Å². The summed E-state index contributed by atoms with van der Waals surface area (Å²) in [5.74, 6) is 0. The molecule has 0 spiro atoms. The molecule has 0 aromatic carbocycles. The maximum atomic E-state index is 12.3. The van der Waals surface area contributed by atoms with Gasteiger partial charge in [0.05, 0.1) is 11.8 Å². The van der Waals surface area contributed by atoms with E-state index in [4.69, 9.17) is 0 Å². The number of hydrogen-bond acceptors (Lipinski definition) is 2. The molecule has 0 aliphatic carbocycles. The van der Waals surface area contributed by atoms with Crippen molar-refractivity contribution in [2.45, 2.75) is 51.9 Å². The Hall–Kier alpha value is -1.04. The maximum Gasteiger partial charge on any atom is 0.419 e. The van der Waals surface area contributed by atoms with Crippen LogP contribution in [0.15, 0.2) is 12.4 Å². The van der Waals surface area contributed by atoms with Crippen LogP contribution in [0.1, 0.15) is 39.2 Å². The van der Waals surface area contributed by atoms with E-state index in [2.05, 4.69) is 31.2 Å². The van der Waals surface area contributed by atoms with Gasteiger partial charge in [-0.3, -0.25) is 4.68 Å². The molecular weight excluding hydrogens is 243 g/mol. The zero-order valence-corrected chi connectivity index (χ0v) is 11.0. The van der Waals surface area contributed by atoms with Gasteiger partial charge in [0, 0.05) is 18.3 Å². The third-order valence-corrected chi connectivity index (χ3v) is 2.43. The van der Waals surface area contributed by atoms with Gasteiger partial charge in [0.1, 0.15) is 0 Å². The number of nitrogens with one attached hydrogen (secondary N) is 1. The van der Waals surface area contributed by atoms with E-state index < -0.39 is 11.7 Å². The van der Waals surface area contributed by atoms with Crippen molar-refractivity contribution < 1.29 is 13.2 Å². The Morgan fingerprint density at radius 1 is 1.22 bits per heavy atom. The largest absolute Gasteiger partial charge is 0.419 e. The number of unbranched alkanes of at least 4 members (excludes halogenated alkanes) is 1. The predicted molar refractivity (Wildman–Crippen MR) is 64.2 cm³/mol. The maximum absolute atomic E-state index is 12.3. The van der Waals surface area contributed by atoms with E-state index >= 15 is 0 Å². The molecule has 0 saturated heterocycles. The van der Waals surface area contributed by atoms with Crippen LogP contribution < -0.4 is 5.32 Å². The normalized spacial score (nSPS) is 13.0. The Bertz CT molecular complexity index is 363. The summed E-state index contributed by atoms with van der Waals surface area (Å²) >= 11 is 0. The van der Waals surface area contributed by atoms with Crippen molar-refractivity contribution in [3.05, 3.63) is 18.0 Å². The van der Waals surface area contributed by atoms with Crippen molar-refractivity contribution in [3.63, 3.8) is 0 Å². The second kappa shape index (κ2) is 5.73. The van der Waals surface area contributed by atoms with Gasteiger partial charge in [-0.1, -0.05) is 0 Å². The highest BCUT2D eigenvalue weighted by Gasteiger charge is 2.32. The highest BCUT2D eigenvalue weighted by Crippen LogP contribution is 2.28. The lowest BCUT2D eigenvalue weighted by Gasteiger charge is -2.20. The Morgan fingerprint density at radius 2 is 1.89 bits per heavy atom. The molecule has 1 aromatic rings. The zero-order valence-electron chi connectivity index (χ0n) is 11.0. The number of alkyl halides is 3. The average Bonchev–Trinajstić information content (AvgIpc) is 2.63. The fourth-order valence-corrected chi connectivity index (χ4v) is 1.49. The summed E-state index contributed by atoms with van der Waals surface area (Å²) in [6.45, 7) is 7.61. The van der Waals surface area contributed by atoms with Gasteiger partial charge < -0.3 is 5.32 Å². The smallest absolute Gasteiger partial charge is 0.312 e. The molecule has 0 amide bonds. The Kier molecular flexibility index (Phi) is 4.78. The van der Waals surface area contributed by atoms with E-state index in [0.29, 0.717) is 6.54 Å². The van der Waals surface area contributed by atoms with Crippen LogP contribution in [0.2, 0.25) is 0 Å². The zero-order chi connectivity index (χ0) is 13.8. The fourth-order valence-electron chi connectivity index (χ4n) is 1.49. The molecule has 0 saturated carbocycles. The summed E-state index contributed by atoms with van der Waals surface area (Å²) in [5.41, 5.74) is -0.606. The summed E-state index contributed by atoms with van der Waals surface area (Å²) in [6, 6.07) is 0. The number of aryl methyl sites for hydroxylation is 1. The van der Waals surface area contributed by atoms with Crippen molar-refractivity contribution in [2.75, 3.05) is 6.54 Å². The molecule has 104 valence electrons. The summed E-state index contributed by atoms with van der Waals surface area (Å²) in [4.78, 5) is 0. The van der Waals surface area contributed by atoms with Crippen LogP contribution in [0.3, 0.4) is 0 Å². The van der Waals surface area contributed by atoms with Crippen molar-refractivity contribution in [1.82, 2.24) is 15.1 Å². The molecule has 0 bridgehead atoms. The van der Waals surface area contributed by atoms with Crippen molar-refractivity contribution in [3.8, 4) is 0 Å². The Labute approximate surface area is 105 Å². The number of hydrogen-bond donors (Lipinski definition) is 1. The van der Waals surface area contributed by atoms with E-state index in [9.17, 15) is 13.2 Å². The molecule has 6 heteroatoms. The monoisotopic (exact) mass is 263 g/mol. The summed E-state index contributed by atoms with van der Waals surface area (Å²) in [6.07, 6.45) is -0.656. The van der Waals surface area contributed by atoms with Crippen LogP contribution in [-0.2, 0) is 12.7 Å². The van der Waals surface area contributed by atoms with Crippen LogP contribution in [0.4, 0.5) is 13.2 Å². The Morgan fingerprint density at radius 3 is 2.39 bits per heavy atom. The first-order chi connectivity index (χ1) is 8.18. The number of rotatable bonds is 5. The van der Waals surface area contributed by atoms with Crippen LogP contribution in [0, 0.1) is 0 Å². The van der Waals surface area contributed by atoms with Gasteiger partial charge in [0.2, 0.25) is 0 Å². The lowest BCUT2D eigenvalue weighted by atomic mass is 10.1. The van der Waals surface area contributed by atoms with Gasteiger partial charge in [-0.25, -0.2) is 0 Å². The quantitative estimate of drug-likeness (QED) is 0.827. The summed E-state index contributed by atoms with van der Waals surface area (Å²) < 4.78 is 38.3. The van der Waals surface area contributed by atoms with Gasteiger partial charge in [0.25, 0.3) is 0 Å². The first-order valence-corrected chi connectivity index (χ1v) is 6.03. The Balaban J connectivity index is 2.26. The van der Waals surface area contributed by atoms with E-state index in [1.54, 1.807) is 0 Å². The number of halogens is 3. The van der Waals surface area contributed by atoms with Gasteiger partial charge in [-0.05, 0) is 40.2 Å². The third-order valence-electron chi connectivity index (χ3n) is 2.43.